The lowest BCUT2D eigenvalue weighted by molar-refractivity contribution is 0.0921. The van der Waals surface area contributed by atoms with Gasteiger partial charge in [0.15, 0.2) is 0 Å². The molecule has 4 heteroatoms. The highest BCUT2D eigenvalue weighted by molar-refractivity contribution is 5.20. The highest BCUT2D eigenvalue weighted by atomic mass is 16.5. The highest BCUT2D eigenvalue weighted by Crippen LogP contribution is 2.15. The number of rotatable bonds is 7. The topological polar surface area (TPSA) is 37.6 Å². The highest BCUT2D eigenvalue weighted by Gasteiger charge is 2.06. The third kappa shape index (κ3) is 4.35. The van der Waals surface area contributed by atoms with Crippen molar-refractivity contribution in [2.45, 2.75) is 20.1 Å². The Morgan fingerprint density at radius 1 is 1.44 bits per heavy atom. The standard InChI is InChI=1S/C12H22N2O2/c1-10-11(8-13-2)7-12(16-10)9-15-6-5-14(3)4/h7,13H,5-6,8-9H2,1-4H3. The minimum Gasteiger partial charge on any atom is -0.464 e. The molecule has 1 heterocycles. The fourth-order valence-corrected chi connectivity index (χ4v) is 1.44. The van der Waals surface area contributed by atoms with Crippen LogP contribution >= 0.6 is 0 Å². The van der Waals surface area contributed by atoms with Crippen LogP contribution in [0.1, 0.15) is 17.1 Å². The largest absolute Gasteiger partial charge is 0.464 e. The van der Waals surface area contributed by atoms with E-state index in [1.54, 1.807) is 0 Å². The van der Waals surface area contributed by atoms with Crippen LogP contribution in [0.3, 0.4) is 0 Å². The van der Waals surface area contributed by atoms with E-state index in [0.717, 1.165) is 31.2 Å². The number of likely N-dealkylation sites (N-methyl/N-ethyl adjacent to an activating group) is 1. The van der Waals surface area contributed by atoms with E-state index in [0.29, 0.717) is 6.61 Å². The first kappa shape index (κ1) is 13.2. The Kier molecular flexibility index (Phi) is 5.52. The third-order valence-electron chi connectivity index (χ3n) is 2.37. The summed E-state index contributed by atoms with van der Waals surface area (Å²) in [6, 6.07) is 2.06. The van der Waals surface area contributed by atoms with E-state index in [9.17, 15) is 0 Å². The van der Waals surface area contributed by atoms with Crippen molar-refractivity contribution in [1.82, 2.24) is 10.2 Å². The summed E-state index contributed by atoms with van der Waals surface area (Å²) in [6.45, 7) is 5.04. The van der Waals surface area contributed by atoms with Gasteiger partial charge in [0.25, 0.3) is 0 Å². The molecule has 0 atom stereocenters. The maximum Gasteiger partial charge on any atom is 0.130 e. The number of nitrogens with one attached hydrogen (secondary N) is 1. The van der Waals surface area contributed by atoms with Gasteiger partial charge in [-0.15, -0.1) is 0 Å². The van der Waals surface area contributed by atoms with Crippen LogP contribution in [0, 0.1) is 6.92 Å². The lowest BCUT2D eigenvalue weighted by Gasteiger charge is -2.08. The molecule has 0 aliphatic heterocycles. The van der Waals surface area contributed by atoms with Crippen LogP contribution < -0.4 is 5.32 Å². The Labute approximate surface area is 97.6 Å². The Balaban J connectivity index is 2.34. The van der Waals surface area contributed by atoms with Crippen LogP contribution in [-0.2, 0) is 17.9 Å². The van der Waals surface area contributed by atoms with Gasteiger partial charge in [-0.05, 0) is 34.1 Å². The molecular weight excluding hydrogens is 204 g/mol. The molecule has 1 N–H and O–H groups in total. The SMILES string of the molecule is CNCc1cc(COCCN(C)C)oc1C. The second kappa shape index (κ2) is 6.68. The van der Waals surface area contributed by atoms with E-state index in [2.05, 4.69) is 16.3 Å². The van der Waals surface area contributed by atoms with Gasteiger partial charge in [-0.2, -0.15) is 0 Å². The molecule has 0 unspecified atom stereocenters. The first-order valence-corrected chi connectivity index (χ1v) is 5.58. The number of furan rings is 1. The van der Waals surface area contributed by atoms with Crippen molar-refractivity contribution in [3.63, 3.8) is 0 Å². The summed E-state index contributed by atoms with van der Waals surface area (Å²) in [5.41, 5.74) is 1.20. The number of hydrogen-bond acceptors (Lipinski definition) is 4. The second-order valence-electron chi connectivity index (χ2n) is 4.18. The van der Waals surface area contributed by atoms with Gasteiger partial charge in [-0.25, -0.2) is 0 Å². The molecule has 4 nitrogen and oxygen atoms in total. The number of hydrogen-bond donors (Lipinski definition) is 1. The summed E-state index contributed by atoms with van der Waals surface area (Å²) in [6.07, 6.45) is 0. The molecular formula is C12H22N2O2. The summed E-state index contributed by atoms with van der Waals surface area (Å²) >= 11 is 0. The van der Waals surface area contributed by atoms with Crippen LogP contribution in [0.4, 0.5) is 0 Å². The van der Waals surface area contributed by atoms with Crippen molar-refractivity contribution in [2.24, 2.45) is 0 Å². The van der Waals surface area contributed by atoms with E-state index in [-0.39, 0.29) is 0 Å². The molecule has 0 aliphatic rings. The van der Waals surface area contributed by atoms with E-state index >= 15 is 0 Å². The minimum atomic E-state index is 0.554. The number of ether oxygens (including phenoxy) is 1. The summed E-state index contributed by atoms with van der Waals surface area (Å²) in [4.78, 5) is 2.10. The number of nitrogens with zero attached hydrogens (tertiary/aromatic N) is 1. The molecule has 16 heavy (non-hydrogen) atoms. The normalized spacial score (nSPS) is 11.3. The van der Waals surface area contributed by atoms with Crippen LogP contribution in [-0.4, -0.2) is 39.2 Å². The fraction of sp³-hybridized carbons (Fsp3) is 0.667. The molecule has 0 bridgehead atoms. The Morgan fingerprint density at radius 2 is 2.19 bits per heavy atom. The van der Waals surface area contributed by atoms with Gasteiger partial charge in [0.1, 0.15) is 18.1 Å². The quantitative estimate of drug-likeness (QED) is 0.713. The average molecular weight is 226 g/mol. The van der Waals surface area contributed by atoms with Crippen molar-refractivity contribution in [3.05, 3.63) is 23.2 Å². The minimum absolute atomic E-state index is 0.554. The summed E-state index contributed by atoms with van der Waals surface area (Å²) in [5, 5.41) is 3.11. The van der Waals surface area contributed by atoms with Gasteiger partial charge >= 0.3 is 0 Å². The van der Waals surface area contributed by atoms with E-state index in [4.69, 9.17) is 9.15 Å². The molecule has 0 radical (unpaired) electrons. The first-order chi connectivity index (χ1) is 7.63. The maximum atomic E-state index is 5.60. The molecule has 1 aromatic heterocycles. The van der Waals surface area contributed by atoms with Gasteiger partial charge in [0.2, 0.25) is 0 Å². The van der Waals surface area contributed by atoms with Gasteiger partial charge in [0.05, 0.1) is 6.61 Å². The molecule has 92 valence electrons. The molecule has 0 amide bonds. The zero-order valence-electron chi connectivity index (χ0n) is 10.7. The van der Waals surface area contributed by atoms with Crippen LogP contribution in [0.2, 0.25) is 0 Å². The molecule has 0 fully saturated rings. The van der Waals surface area contributed by atoms with E-state index in [1.807, 2.05) is 28.1 Å². The van der Waals surface area contributed by atoms with Crippen molar-refractivity contribution >= 4 is 0 Å². The van der Waals surface area contributed by atoms with E-state index < -0.39 is 0 Å². The Morgan fingerprint density at radius 3 is 2.81 bits per heavy atom. The summed E-state index contributed by atoms with van der Waals surface area (Å²) < 4.78 is 11.1. The fourth-order valence-electron chi connectivity index (χ4n) is 1.44. The van der Waals surface area contributed by atoms with Crippen molar-refractivity contribution in [2.75, 3.05) is 34.3 Å². The zero-order chi connectivity index (χ0) is 12.0. The van der Waals surface area contributed by atoms with Crippen LogP contribution in [0.5, 0.6) is 0 Å². The molecule has 0 spiro atoms. The molecule has 1 aromatic rings. The molecule has 0 aliphatic carbocycles. The third-order valence-corrected chi connectivity index (χ3v) is 2.37. The monoisotopic (exact) mass is 226 g/mol. The smallest absolute Gasteiger partial charge is 0.130 e. The van der Waals surface area contributed by atoms with Gasteiger partial charge in [-0.1, -0.05) is 0 Å². The molecule has 1 rings (SSSR count). The second-order valence-corrected chi connectivity index (χ2v) is 4.18. The summed E-state index contributed by atoms with van der Waals surface area (Å²) in [7, 11) is 6.00. The van der Waals surface area contributed by atoms with Crippen molar-refractivity contribution in [3.8, 4) is 0 Å². The Bertz CT molecular complexity index is 308. The van der Waals surface area contributed by atoms with E-state index in [1.165, 1.54) is 5.56 Å². The van der Waals surface area contributed by atoms with Gasteiger partial charge in [0, 0.05) is 18.7 Å². The van der Waals surface area contributed by atoms with Gasteiger partial charge < -0.3 is 19.4 Å². The van der Waals surface area contributed by atoms with Crippen LogP contribution in [0.25, 0.3) is 0 Å². The first-order valence-electron chi connectivity index (χ1n) is 5.58. The van der Waals surface area contributed by atoms with Crippen molar-refractivity contribution < 1.29 is 9.15 Å². The van der Waals surface area contributed by atoms with Gasteiger partial charge in [-0.3, -0.25) is 0 Å². The molecule has 0 saturated carbocycles. The lowest BCUT2D eigenvalue weighted by atomic mass is 10.2. The molecule has 0 aromatic carbocycles. The Hall–Kier alpha value is -0.840. The van der Waals surface area contributed by atoms with Crippen LogP contribution in [0.15, 0.2) is 10.5 Å². The maximum absolute atomic E-state index is 5.60. The van der Waals surface area contributed by atoms with Crippen molar-refractivity contribution in [1.29, 1.82) is 0 Å². The molecule has 0 saturated heterocycles. The average Bonchev–Trinajstić information content (AvgIpc) is 2.55. The predicted molar refractivity (Wildman–Crippen MR) is 64.4 cm³/mol. The zero-order valence-corrected chi connectivity index (χ0v) is 10.7. The summed E-state index contributed by atoms with van der Waals surface area (Å²) in [5.74, 6) is 1.88. The predicted octanol–water partition coefficient (Wildman–Crippen LogP) is 1.39. The number of aryl methyl sites for hydroxylation is 1. The lowest BCUT2D eigenvalue weighted by Crippen LogP contribution is -2.17.